The van der Waals surface area contributed by atoms with Crippen LogP contribution in [0.5, 0.6) is 0 Å². The SMILES string of the molecule is Cc1ccc(S[C@@H]2CCC[C@H]2C(=O)N(Cc2ccc(Cl)cc2)C2CCC(F)(F)CC2)cc1. The second kappa shape index (κ2) is 10.1. The van der Waals surface area contributed by atoms with Crippen LogP contribution < -0.4 is 0 Å². The van der Waals surface area contributed by atoms with Crippen molar-refractivity contribution in [3.8, 4) is 0 Å². The third-order valence-corrected chi connectivity index (χ3v) is 8.42. The van der Waals surface area contributed by atoms with E-state index in [4.69, 9.17) is 11.6 Å². The van der Waals surface area contributed by atoms with Gasteiger partial charge in [0.1, 0.15) is 0 Å². The number of rotatable bonds is 6. The molecule has 2 aliphatic carbocycles. The number of carbonyl (C=O) groups is 1. The fourth-order valence-corrected chi connectivity index (χ4v) is 6.33. The third-order valence-electron chi connectivity index (χ3n) is 6.75. The number of benzene rings is 2. The smallest absolute Gasteiger partial charge is 0.248 e. The molecule has 2 fully saturated rings. The minimum Gasteiger partial charge on any atom is -0.335 e. The quantitative estimate of drug-likeness (QED) is 0.429. The summed E-state index contributed by atoms with van der Waals surface area (Å²) >= 11 is 7.82. The van der Waals surface area contributed by atoms with E-state index in [9.17, 15) is 13.6 Å². The second-order valence-corrected chi connectivity index (χ2v) is 10.9. The summed E-state index contributed by atoms with van der Waals surface area (Å²) in [4.78, 5) is 16.9. The van der Waals surface area contributed by atoms with Gasteiger partial charge < -0.3 is 4.90 Å². The van der Waals surface area contributed by atoms with Crippen LogP contribution in [0, 0.1) is 12.8 Å². The van der Waals surface area contributed by atoms with Crippen molar-refractivity contribution in [1.82, 2.24) is 4.90 Å². The topological polar surface area (TPSA) is 20.3 Å². The zero-order valence-corrected chi connectivity index (χ0v) is 20.0. The normalized spacial score (nSPS) is 23.2. The first-order valence-electron chi connectivity index (χ1n) is 11.5. The summed E-state index contributed by atoms with van der Waals surface area (Å²) < 4.78 is 27.7. The van der Waals surface area contributed by atoms with Crippen LogP contribution in [0.2, 0.25) is 5.02 Å². The van der Waals surface area contributed by atoms with Crippen LogP contribution in [0.3, 0.4) is 0 Å². The summed E-state index contributed by atoms with van der Waals surface area (Å²) in [5.41, 5.74) is 2.21. The number of carbonyl (C=O) groups excluding carboxylic acids is 1. The maximum Gasteiger partial charge on any atom is 0.248 e. The molecule has 0 heterocycles. The fourth-order valence-electron chi connectivity index (χ4n) is 4.86. The van der Waals surface area contributed by atoms with Crippen molar-refractivity contribution in [2.45, 2.75) is 80.5 Å². The van der Waals surface area contributed by atoms with Gasteiger partial charge in [0, 0.05) is 40.6 Å². The van der Waals surface area contributed by atoms with E-state index in [-0.39, 0.29) is 36.0 Å². The zero-order chi connectivity index (χ0) is 22.7. The van der Waals surface area contributed by atoms with Crippen LogP contribution in [0.15, 0.2) is 53.4 Å². The molecular weight excluding hydrogens is 448 g/mol. The molecule has 1 amide bonds. The van der Waals surface area contributed by atoms with Crippen LogP contribution >= 0.6 is 23.4 Å². The van der Waals surface area contributed by atoms with E-state index in [0.717, 1.165) is 24.8 Å². The van der Waals surface area contributed by atoms with E-state index in [1.807, 2.05) is 29.2 Å². The molecule has 0 bridgehead atoms. The van der Waals surface area contributed by atoms with Crippen LogP contribution in [0.1, 0.15) is 56.1 Å². The average molecular weight is 478 g/mol. The molecule has 2 nitrogen and oxygen atoms in total. The molecular formula is C26H30ClF2NOS. The van der Waals surface area contributed by atoms with E-state index in [1.165, 1.54) is 10.5 Å². The van der Waals surface area contributed by atoms with Crippen LogP contribution in [-0.2, 0) is 11.3 Å². The number of hydrogen-bond donors (Lipinski definition) is 0. The lowest BCUT2D eigenvalue weighted by atomic mass is 9.90. The second-order valence-electron chi connectivity index (χ2n) is 9.19. The Morgan fingerprint density at radius 2 is 1.69 bits per heavy atom. The van der Waals surface area contributed by atoms with Crippen molar-refractivity contribution in [2.24, 2.45) is 5.92 Å². The summed E-state index contributed by atoms with van der Waals surface area (Å²) in [6, 6.07) is 15.8. The molecule has 0 aliphatic heterocycles. The highest BCUT2D eigenvalue weighted by Crippen LogP contribution is 2.42. The van der Waals surface area contributed by atoms with Gasteiger partial charge >= 0.3 is 0 Å². The molecule has 0 radical (unpaired) electrons. The number of thioether (sulfide) groups is 1. The summed E-state index contributed by atoms with van der Waals surface area (Å²) in [5.74, 6) is -2.56. The van der Waals surface area contributed by atoms with Crippen molar-refractivity contribution in [3.05, 3.63) is 64.7 Å². The molecule has 0 unspecified atom stereocenters. The number of alkyl halides is 2. The lowest BCUT2D eigenvalue weighted by molar-refractivity contribution is -0.141. The lowest BCUT2D eigenvalue weighted by Gasteiger charge is -2.39. The molecule has 2 aliphatic rings. The van der Waals surface area contributed by atoms with E-state index in [1.54, 1.807) is 11.8 Å². The first-order chi connectivity index (χ1) is 15.3. The molecule has 0 spiro atoms. The summed E-state index contributed by atoms with van der Waals surface area (Å²) in [5, 5.41) is 0.872. The monoisotopic (exact) mass is 477 g/mol. The van der Waals surface area contributed by atoms with Crippen molar-refractivity contribution in [1.29, 1.82) is 0 Å². The van der Waals surface area contributed by atoms with Gasteiger partial charge in [-0.05, 0) is 62.4 Å². The summed E-state index contributed by atoms with van der Waals surface area (Å²) in [6.45, 7) is 2.52. The third kappa shape index (κ3) is 5.85. The highest BCUT2D eigenvalue weighted by Gasteiger charge is 2.42. The van der Waals surface area contributed by atoms with Gasteiger partial charge in [0.05, 0.1) is 5.92 Å². The van der Waals surface area contributed by atoms with Crippen molar-refractivity contribution in [3.63, 3.8) is 0 Å². The van der Waals surface area contributed by atoms with Gasteiger partial charge in [-0.15, -0.1) is 11.8 Å². The Kier molecular flexibility index (Phi) is 7.46. The highest BCUT2D eigenvalue weighted by molar-refractivity contribution is 8.00. The van der Waals surface area contributed by atoms with E-state index in [0.29, 0.717) is 24.4 Å². The molecule has 2 atom stereocenters. The summed E-state index contributed by atoms with van der Waals surface area (Å²) in [7, 11) is 0. The molecule has 0 N–H and O–H groups in total. The number of amides is 1. The van der Waals surface area contributed by atoms with Crippen molar-refractivity contribution < 1.29 is 13.6 Å². The van der Waals surface area contributed by atoms with Gasteiger partial charge in [0.25, 0.3) is 0 Å². The van der Waals surface area contributed by atoms with Crippen molar-refractivity contribution >= 4 is 29.3 Å². The number of aryl methyl sites for hydroxylation is 1. The zero-order valence-electron chi connectivity index (χ0n) is 18.4. The van der Waals surface area contributed by atoms with Gasteiger partial charge in [-0.2, -0.15) is 0 Å². The Morgan fingerprint density at radius 3 is 2.34 bits per heavy atom. The molecule has 2 saturated carbocycles. The van der Waals surface area contributed by atoms with Gasteiger partial charge in [-0.25, -0.2) is 8.78 Å². The minimum absolute atomic E-state index is 0.0731. The van der Waals surface area contributed by atoms with Gasteiger partial charge in [-0.1, -0.05) is 47.9 Å². The Labute approximate surface area is 198 Å². The van der Waals surface area contributed by atoms with Gasteiger partial charge in [0.15, 0.2) is 0 Å². The van der Waals surface area contributed by atoms with Crippen LogP contribution in [0.25, 0.3) is 0 Å². The largest absolute Gasteiger partial charge is 0.335 e. The Morgan fingerprint density at radius 1 is 1.03 bits per heavy atom. The molecule has 0 saturated heterocycles. The predicted octanol–water partition coefficient (Wildman–Crippen LogP) is 7.52. The van der Waals surface area contributed by atoms with Crippen LogP contribution in [-0.4, -0.2) is 28.0 Å². The Bertz CT molecular complexity index is 908. The molecule has 4 rings (SSSR count). The van der Waals surface area contributed by atoms with E-state index >= 15 is 0 Å². The highest BCUT2D eigenvalue weighted by atomic mass is 35.5. The number of nitrogens with zero attached hydrogens (tertiary/aromatic N) is 1. The first-order valence-corrected chi connectivity index (χ1v) is 12.7. The maximum absolute atomic E-state index is 13.8. The van der Waals surface area contributed by atoms with E-state index < -0.39 is 5.92 Å². The van der Waals surface area contributed by atoms with Crippen LogP contribution in [0.4, 0.5) is 8.78 Å². The fraction of sp³-hybridized carbons (Fsp3) is 0.500. The lowest BCUT2D eigenvalue weighted by Crippen LogP contribution is -2.47. The van der Waals surface area contributed by atoms with Gasteiger partial charge in [0.2, 0.25) is 11.8 Å². The standard InChI is InChI=1S/C26H30ClF2NOS/c1-18-5-11-22(12-6-18)32-24-4-2-3-23(24)25(31)30(17-19-7-9-20(27)10-8-19)21-13-15-26(28,29)16-14-21/h5-12,21,23-24H,2-4,13-17H2,1H3/t23-,24-/m1/s1. The molecule has 2 aromatic rings. The van der Waals surface area contributed by atoms with Gasteiger partial charge in [-0.3, -0.25) is 4.79 Å². The number of halogens is 3. The Balaban J connectivity index is 1.52. The maximum atomic E-state index is 13.8. The summed E-state index contributed by atoms with van der Waals surface area (Å²) in [6.07, 6.45) is 3.32. The number of hydrogen-bond acceptors (Lipinski definition) is 2. The molecule has 32 heavy (non-hydrogen) atoms. The molecule has 172 valence electrons. The van der Waals surface area contributed by atoms with E-state index in [2.05, 4.69) is 31.2 Å². The minimum atomic E-state index is -2.61. The average Bonchev–Trinajstić information content (AvgIpc) is 3.23. The first kappa shape index (κ1) is 23.6. The van der Waals surface area contributed by atoms with Crippen molar-refractivity contribution in [2.75, 3.05) is 0 Å². The molecule has 0 aromatic heterocycles. The molecule has 6 heteroatoms. The predicted molar refractivity (Wildman–Crippen MR) is 127 cm³/mol. The Hall–Kier alpha value is -1.59. The molecule has 2 aromatic carbocycles.